The van der Waals surface area contributed by atoms with Crippen molar-refractivity contribution in [2.45, 2.75) is 45.4 Å². The molecular formula is C16H19ClN2. The Balaban J connectivity index is 2.00. The third-order valence-corrected chi connectivity index (χ3v) is 4.18. The summed E-state index contributed by atoms with van der Waals surface area (Å²) in [7, 11) is 0. The zero-order valence-electron chi connectivity index (χ0n) is 11.5. The van der Waals surface area contributed by atoms with Crippen molar-refractivity contribution in [2.24, 2.45) is 0 Å². The Kier molecular flexibility index (Phi) is 3.36. The first kappa shape index (κ1) is 12.7. The number of nitrogens with zero attached hydrogens (tertiary/aromatic N) is 2. The summed E-state index contributed by atoms with van der Waals surface area (Å²) in [6, 6.07) is 8.46. The largest absolute Gasteiger partial charge is 0.222 e. The molecular weight excluding hydrogens is 256 g/mol. The Labute approximate surface area is 119 Å². The summed E-state index contributed by atoms with van der Waals surface area (Å²) in [5, 5.41) is 5.44. The van der Waals surface area contributed by atoms with Crippen LogP contribution in [0.2, 0.25) is 5.15 Å². The zero-order valence-corrected chi connectivity index (χ0v) is 12.2. The van der Waals surface area contributed by atoms with Crippen LogP contribution >= 0.6 is 11.6 Å². The number of rotatable bonds is 2. The molecule has 0 N–H and O–H groups in total. The second-order valence-electron chi connectivity index (χ2n) is 5.63. The molecule has 0 aliphatic heterocycles. The van der Waals surface area contributed by atoms with Crippen molar-refractivity contribution in [1.82, 2.24) is 9.78 Å². The smallest absolute Gasteiger partial charge is 0.133 e. The molecule has 0 spiro atoms. The Morgan fingerprint density at radius 1 is 1.05 bits per heavy atom. The van der Waals surface area contributed by atoms with Gasteiger partial charge in [-0.15, -0.1) is 0 Å². The summed E-state index contributed by atoms with van der Waals surface area (Å²) in [6.45, 7) is 4.21. The second kappa shape index (κ2) is 5.01. The lowest BCUT2D eigenvalue weighted by Gasteiger charge is -2.07. The minimum absolute atomic E-state index is 0.602. The number of aryl methyl sites for hydroxylation is 2. The number of aromatic nitrogens is 2. The fourth-order valence-corrected chi connectivity index (χ4v) is 3.30. The fourth-order valence-electron chi connectivity index (χ4n) is 3.05. The molecule has 1 aliphatic carbocycles. The molecule has 0 unspecified atom stereocenters. The normalized spacial score (nSPS) is 16.2. The van der Waals surface area contributed by atoms with Crippen molar-refractivity contribution in [3.8, 4) is 5.69 Å². The van der Waals surface area contributed by atoms with Crippen LogP contribution in [0, 0.1) is 13.8 Å². The van der Waals surface area contributed by atoms with Gasteiger partial charge in [0.05, 0.1) is 11.4 Å². The Morgan fingerprint density at radius 2 is 1.68 bits per heavy atom. The molecule has 0 radical (unpaired) electrons. The highest BCUT2D eigenvalue weighted by molar-refractivity contribution is 6.29. The maximum atomic E-state index is 6.36. The third-order valence-electron chi connectivity index (χ3n) is 3.91. The van der Waals surface area contributed by atoms with E-state index in [9.17, 15) is 0 Å². The molecule has 1 fully saturated rings. The molecule has 100 valence electrons. The highest BCUT2D eigenvalue weighted by atomic mass is 35.5. The predicted octanol–water partition coefficient (Wildman–Crippen LogP) is 4.80. The van der Waals surface area contributed by atoms with Crippen molar-refractivity contribution >= 4 is 11.6 Å². The van der Waals surface area contributed by atoms with Crippen LogP contribution in [0.3, 0.4) is 0 Å². The number of hydrogen-bond donors (Lipinski definition) is 0. The SMILES string of the molecule is Cc1cc(C)cc(-n2nc(C3CCCC3)cc2Cl)c1. The summed E-state index contributed by atoms with van der Waals surface area (Å²) < 4.78 is 1.87. The van der Waals surface area contributed by atoms with Crippen LogP contribution in [0.1, 0.15) is 48.4 Å². The van der Waals surface area contributed by atoms with Crippen LogP contribution in [0.15, 0.2) is 24.3 Å². The average Bonchev–Trinajstić information content (AvgIpc) is 2.95. The maximum Gasteiger partial charge on any atom is 0.133 e. The first-order valence-corrected chi connectivity index (χ1v) is 7.35. The highest BCUT2D eigenvalue weighted by Gasteiger charge is 2.21. The highest BCUT2D eigenvalue weighted by Crippen LogP contribution is 2.34. The summed E-state index contributed by atoms with van der Waals surface area (Å²) >= 11 is 6.36. The maximum absolute atomic E-state index is 6.36. The van der Waals surface area contributed by atoms with Crippen LogP contribution < -0.4 is 0 Å². The van der Waals surface area contributed by atoms with E-state index in [1.807, 2.05) is 10.7 Å². The number of hydrogen-bond acceptors (Lipinski definition) is 1. The molecule has 3 rings (SSSR count). The lowest BCUT2D eigenvalue weighted by Crippen LogP contribution is -2.00. The molecule has 0 atom stereocenters. The zero-order chi connectivity index (χ0) is 13.4. The molecule has 1 aromatic heterocycles. The average molecular weight is 275 g/mol. The van der Waals surface area contributed by atoms with E-state index >= 15 is 0 Å². The summed E-state index contributed by atoms with van der Waals surface area (Å²) in [6.07, 6.45) is 5.14. The van der Waals surface area contributed by atoms with E-state index in [4.69, 9.17) is 16.7 Å². The van der Waals surface area contributed by atoms with Crippen molar-refractivity contribution in [2.75, 3.05) is 0 Å². The van der Waals surface area contributed by atoms with Gasteiger partial charge in [-0.3, -0.25) is 0 Å². The molecule has 0 amide bonds. The molecule has 1 aromatic carbocycles. The van der Waals surface area contributed by atoms with E-state index in [1.165, 1.54) is 36.8 Å². The van der Waals surface area contributed by atoms with Gasteiger partial charge in [-0.05, 0) is 56.0 Å². The monoisotopic (exact) mass is 274 g/mol. The van der Waals surface area contributed by atoms with Crippen molar-refractivity contribution in [3.05, 3.63) is 46.2 Å². The van der Waals surface area contributed by atoms with Gasteiger partial charge in [-0.25, -0.2) is 4.68 Å². The van der Waals surface area contributed by atoms with E-state index in [2.05, 4.69) is 32.0 Å². The quantitative estimate of drug-likeness (QED) is 0.769. The lowest BCUT2D eigenvalue weighted by atomic mass is 10.1. The first-order valence-electron chi connectivity index (χ1n) is 6.97. The van der Waals surface area contributed by atoms with E-state index in [1.54, 1.807) is 0 Å². The molecule has 0 bridgehead atoms. The first-order chi connectivity index (χ1) is 9.13. The minimum atomic E-state index is 0.602. The summed E-state index contributed by atoms with van der Waals surface area (Å²) in [5.41, 5.74) is 4.70. The number of benzene rings is 1. The van der Waals surface area contributed by atoms with Gasteiger partial charge in [0.1, 0.15) is 5.15 Å². The van der Waals surface area contributed by atoms with Gasteiger partial charge in [-0.1, -0.05) is 30.5 Å². The summed E-state index contributed by atoms with van der Waals surface area (Å²) in [5.74, 6) is 0.602. The predicted molar refractivity (Wildman–Crippen MR) is 79.3 cm³/mol. The molecule has 2 aromatic rings. The van der Waals surface area contributed by atoms with E-state index in [0.29, 0.717) is 11.1 Å². The van der Waals surface area contributed by atoms with Crippen molar-refractivity contribution < 1.29 is 0 Å². The van der Waals surface area contributed by atoms with Crippen LogP contribution in [0.5, 0.6) is 0 Å². The molecule has 19 heavy (non-hydrogen) atoms. The van der Waals surface area contributed by atoms with Gasteiger partial charge in [0.15, 0.2) is 0 Å². The molecule has 1 aliphatic rings. The molecule has 3 heteroatoms. The molecule has 1 heterocycles. The second-order valence-corrected chi connectivity index (χ2v) is 6.02. The third kappa shape index (κ3) is 2.55. The summed E-state index contributed by atoms with van der Waals surface area (Å²) in [4.78, 5) is 0. The van der Waals surface area contributed by atoms with Crippen LogP contribution in [-0.2, 0) is 0 Å². The van der Waals surface area contributed by atoms with E-state index < -0.39 is 0 Å². The van der Waals surface area contributed by atoms with Crippen LogP contribution in [0.4, 0.5) is 0 Å². The molecule has 1 saturated carbocycles. The minimum Gasteiger partial charge on any atom is -0.222 e. The Morgan fingerprint density at radius 3 is 2.32 bits per heavy atom. The van der Waals surface area contributed by atoms with E-state index in [-0.39, 0.29) is 0 Å². The topological polar surface area (TPSA) is 17.8 Å². The van der Waals surface area contributed by atoms with Crippen molar-refractivity contribution in [1.29, 1.82) is 0 Å². The van der Waals surface area contributed by atoms with Gasteiger partial charge in [0.25, 0.3) is 0 Å². The van der Waals surface area contributed by atoms with Crippen molar-refractivity contribution in [3.63, 3.8) is 0 Å². The molecule has 0 saturated heterocycles. The van der Waals surface area contributed by atoms with E-state index in [0.717, 1.165) is 11.4 Å². The van der Waals surface area contributed by atoms with Gasteiger partial charge < -0.3 is 0 Å². The van der Waals surface area contributed by atoms with Gasteiger partial charge in [-0.2, -0.15) is 5.10 Å². The molecule has 2 nitrogen and oxygen atoms in total. The Hall–Kier alpha value is -1.28. The van der Waals surface area contributed by atoms with Crippen LogP contribution in [0.25, 0.3) is 5.69 Å². The Bertz CT molecular complexity index is 575. The van der Waals surface area contributed by atoms with Gasteiger partial charge in [0.2, 0.25) is 0 Å². The van der Waals surface area contributed by atoms with Gasteiger partial charge >= 0.3 is 0 Å². The fraction of sp³-hybridized carbons (Fsp3) is 0.438. The number of halogens is 1. The van der Waals surface area contributed by atoms with Gasteiger partial charge in [0, 0.05) is 5.92 Å². The standard InChI is InChI=1S/C16H19ClN2/c1-11-7-12(2)9-14(8-11)19-16(17)10-15(18-19)13-5-3-4-6-13/h7-10,13H,3-6H2,1-2H3. The lowest BCUT2D eigenvalue weighted by molar-refractivity contribution is 0.678. The van der Waals surface area contributed by atoms with Crippen LogP contribution in [-0.4, -0.2) is 9.78 Å².